The van der Waals surface area contributed by atoms with Crippen molar-refractivity contribution in [2.24, 2.45) is 5.73 Å². The highest BCUT2D eigenvalue weighted by atomic mass is 16.5. The van der Waals surface area contributed by atoms with Crippen LogP contribution in [0, 0.1) is 0 Å². The van der Waals surface area contributed by atoms with Crippen molar-refractivity contribution < 1.29 is 14.6 Å². The number of ether oxygens (including phenoxy) is 1. The van der Waals surface area contributed by atoms with E-state index in [4.69, 9.17) is 15.6 Å². The molecule has 1 amide bonds. The van der Waals surface area contributed by atoms with E-state index in [1.165, 1.54) is 6.20 Å². The summed E-state index contributed by atoms with van der Waals surface area (Å²) in [4.78, 5) is 23.5. The number of nitrogens with one attached hydrogen (secondary N) is 2. The molecule has 5 N–H and O–H groups in total. The van der Waals surface area contributed by atoms with Gasteiger partial charge in [-0.1, -0.05) is 0 Å². The summed E-state index contributed by atoms with van der Waals surface area (Å²) in [6.07, 6.45) is 5.63. The van der Waals surface area contributed by atoms with E-state index in [9.17, 15) is 4.79 Å². The summed E-state index contributed by atoms with van der Waals surface area (Å²) < 4.78 is 6.36. The number of fused-ring (bicyclic) bond motifs is 2. The first-order valence-corrected chi connectivity index (χ1v) is 9.13. The van der Waals surface area contributed by atoms with Crippen LogP contribution in [0.15, 0.2) is 36.8 Å². The minimum absolute atomic E-state index is 0.176. The van der Waals surface area contributed by atoms with Crippen molar-refractivity contribution in [2.45, 2.75) is 12.5 Å². The van der Waals surface area contributed by atoms with Crippen LogP contribution >= 0.6 is 0 Å². The number of hydrogen-bond donors (Lipinski definition) is 4. The second kappa shape index (κ2) is 7.86. The van der Waals surface area contributed by atoms with Crippen LogP contribution < -0.4 is 11.1 Å². The molecule has 0 bridgehead atoms. The van der Waals surface area contributed by atoms with E-state index in [0.717, 1.165) is 29.6 Å². The maximum atomic E-state index is 11.6. The molecule has 1 unspecified atom stereocenters. The second-order valence-corrected chi connectivity index (χ2v) is 6.55. The number of rotatable bonds is 3. The summed E-state index contributed by atoms with van der Waals surface area (Å²) in [6.45, 7) is 1.28. The largest absolute Gasteiger partial charge is 0.391 e. The normalized spacial score (nSPS) is 16.0. The number of primary amides is 1. The number of aromatic amines is 1. The number of aliphatic hydroxyl groups excluding tert-OH is 1. The van der Waals surface area contributed by atoms with Crippen LogP contribution in [0.2, 0.25) is 0 Å². The molecule has 10 nitrogen and oxygen atoms in total. The molecule has 150 valence electrons. The molecule has 1 fully saturated rings. The number of carbonyl (C=O) groups is 1. The SMILES string of the molecule is CNc1cc(-c2c[nH]c3ncccc23)nc2c(C(N)=O)cnn12.OC1CCOC1. The number of amides is 1. The van der Waals surface area contributed by atoms with Gasteiger partial charge in [-0.3, -0.25) is 4.79 Å². The zero-order chi connectivity index (χ0) is 20.4. The van der Waals surface area contributed by atoms with Gasteiger partial charge in [0.1, 0.15) is 17.0 Å². The number of carbonyl (C=O) groups excluding carboxylic acids is 1. The molecule has 1 saturated heterocycles. The molecule has 0 saturated carbocycles. The highest BCUT2D eigenvalue weighted by molar-refractivity contribution is 5.99. The third kappa shape index (κ3) is 3.62. The molecule has 29 heavy (non-hydrogen) atoms. The Morgan fingerprint density at radius 1 is 1.48 bits per heavy atom. The molecule has 1 aliphatic rings. The lowest BCUT2D eigenvalue weighted by molar-refractivity contribution is 0.100. The molecular weight excluding hydrogens is 374 g/mol. The van der Waals surface area contributed by atoms with E-state index >= 15 is 0 Å². The molecule has 10 heteroatoms. The second-order valence-electron chi connectivity index (χ2n) is 6.55. The zero-order valence-electron chi connectivity index (χ0n) is 15.8. The molecule has 5 heterocycles. The van der Waals surface area contributed by atoms with E-state index < -0.39 is 5.91 Å². The number of nitrogens with two attached hydrogens (primary N) is 1. The number of aromatic nitrogens is 5. The van der Waals surface area contributed by atoms with Crippen LogP contribution in [0.3, 0.4) is 0 Å². The predicted octanol–water partition coefficient (Wildman–Crippen LogP) is 1.18. The number of pyridine rings is 1. The Morgan fingerprint density at radius 2 is 2.34 bits per heavy atom. The van der Waals surface area contributed by atoms with Crippen molar-refractivity contribution in [1.82, 2.24) is 24.6 Å². The standard InChI is InChI=1S/C15H13N7O.C4H8O2/c1-17-12-5-11(9-6-19-14-8(9)3-2-4-18-14)21-15-10(13(16)23)7-20-22(12)15;5-4-1-2-6-3-4/h2-7,17H,1H3,(H2,16,23)(H,18,19);4-5H,1-3H2. The van der Waals surface area contributed by atoms with Crippen molar-refractivity contribution in [3.8, 4) is 11.3 Å². The summed E-state index contributed by atoms with van der Waals surface area (Å²) >= 11 is 0. The van der Waals surface area contributed by atoms with Gasteiger partial charge in [0.05, 0.1) is 24.6 Å². The van der Waals surface area contributed by atoms with Gasteiger partial charge in [0, 0.05) is 43.1 Å². The van der Waals surface area contributed by atoms with E-state index in [-0.39, 0.29) is 11.7 Å². The predicted molar refractivity (Wildman–Crippen MR) is 108 cm³/mol. The minimum Gasteiger partial charge on any atom is -0.391 e. The van der Waals surface area contributed by atoms with Gasteiger partial charge < -0.3 is 25.9 Å². The Kier molecular flexibility index (Phi) is 5.10. The van der Waals surface area contributed by atoms with Gasteiger partial charge in [-0.25, -0.2) is 9.97 Å². The summed E-state index contributed by atoms with van der Waals surface area (Å²) in [5, 5.41) is 16.8. The Labute approximate surface area is 165 Å². The lowest BCUT2D eigenvalue weighted by Crippen LogP contribution is -2.11. The fraction of sp³-hybridized carbons (Fsp3) is 0.263. The van der Waals surface area contributed by atoms with E-state index in [1.54, 1.807) is 17.8 Å². The number of hydrogen-bond acceptors (Lipinski definition) is 7. The van der Waals surface area contributed by atoms with Crippen molar-refractivity contribution in [3.05, 3.63) is 42.4 Å². The smallest absolute Gasteiger partial charge is 0.254 e. The maximum Gasteiger partial charge on any atom is 0.254 e. The summed E-state index contributed by atoms with van der Waals surface area (Å²) in [7, 11) is 1.78. The first-order valence-electron chi connectivity index (χ1n) is 9.13. The molecule has 0 radical (unpaired) electrons. The van der Waals surface area contributed by atoms with Crippen LogP contribution in [-0.2, 0) is 4.74 Å². The van der Waals surface area contributed by atoms with Gasteiger partial charge in [-0.15, -0.1) is 0 Å². The third-order valence-corrected chi connectivity index (χ3v) is 4.63. The fourth-order valence-corrected chi connectivity index (χ4v) is 3.14. The molecule has 0 spiro atoms. The van der Waals surface area contributed by atoms with E-state index in [1.807, 2.05) is 24.4 Å². The molecule has 5 rings (SSSR count). The van der Waals surface area contributed by atoms with Crippen LogP contribution in [0.5, 0.6) is 0 Å². The topological polar surface area (TPSA) is 143 Å². The van der Waals surface area contributed by atoms with Crippen LogP contribution in [0.25, 0.3) is 27.9 Å². The van der Waals surface area contributed by atoms with Crippen molar-refractivity contribution >= 4 is 28.4 Å². The molecule has 1 atom stereocenters. The van der Waals surface area contributed by atoms with Crippen LogP contribution in [0.4, 0.5) is 5.82 Å². The Balaban J connectivity index is 0.000000294. The molecule has 4 aromatic rings. The van der Waals surface area contributed by atoms with Crippen molar-refractivity contribution in [3.63, 3.8) is 0 Å². The van der Waals surface area contributed by atoms with Crippen molar-refractivity contribution in [1.29, 1.82) is 0 Å². The number of anilines is 1. The number of H-pyrrole nitrogens is 1. The molecule has 0 aromatic carbocycles. The average molecular weight is 395 g/mol. The highest BCUT2D eigenvalue weighted by Crippen LogP contribution is 2.29. The minimum atomic E-state index is -0.563. The monoisotopic (exact) mass is 395 g/mol. The van der Waals surface area contributed by atoms with E-state index in [2.05, 4.69) is 25.4 Å². The Morgan fingerprint density at radius 3 is 3.00 bits per heavy atom. The summed E-state index contributed by atoms with van der Waals surface area (Å²) in [6, 6.07) is 5.69. The van der Waals surface area contributed by atoms with Gasteiger partial charge >= 0.3 is 0 Å². The van der Waals surface area contributed by atoms with E-state index in [0.29, 0.717) is 23.8 Å². The fourth-order valence-electron chi connectivity index (χ4n) is 3.14. The molecular formula is C19H21N7O3. The zero-order valence-corrected chi connectivity index (χ0v) is 15.8. The quantitative estimate of drug-likeness (QED) is 0.408. The lowest BCUT2D eigenvalue weighted by Gasteiger charge is -2.07. The van der Waals surface area contributed by atoms with Crippen LogP contribution in [0.1, 0.15) is 16.8 Å². The molecule has 0 aliphatic carbocycles. The van der Waals surface area contributed by atoms with Gasteiger partial charge in [0.15, 0.2) is 5.65 Å². The highest BCUT2D eigenvalue weighted by Gasteiger charge is 2.17. The first kappa shape index (κ1) is 18.8. The van der Waals surface area contributed by atoms with Crippen LogP contribution in [-0.4, -0.2) is 61.9 Å². The average Bonchev–Trinajstić information content (AvgIpc) is 3.46. The first-order chi connectivity index (χ1) is 14.1. The molecule has 1 aliphatic heterocycles. The Bertz CT molecular complexity index is 1160. The summed E-state index contributed by atoms with van der Waals surface area (Å²) in [5.74, 6) is 0.142. The number of aliphatic hydroxyl groups is 1. The van der Waals surface area contributed by atoms with Gasteiger partial charge in [-0.05, 0) is 18.6 Å². The van der Waals surface area contributed by atoms with Gasteiger partial charge in [0.25, 0.3) is 5.91 Å². The van der Waals surface area contributed by atoms with Gasteiger partial charge in [-0.2, -0.15) is 9.61 Å². The van der Waals surface area contributed by atoms with Crippen molar-refractivity contribution in [2.75, 3.05) is 25.6 Å². The number of nitrogens with zero attached hydrogens (tertiary/aromatic N) is 4. The lowest BCUT2D eigenvalue weighted by atomic mass is 10.1. The maximum absolute atomic E-state index is 11.6. The van der Waals surface area contributed by atoms with Gasteiger partial charge in [0.2, 0.25) is 0 Å². The molecule has 4 aromatic heterocycles. The Hall–Kier alpha value is -3.50. The third-order valence-electron chi connectivity index (χ3n) is 4.63. The summed E-state index contributed by atoms with van der Waals surface area (Å²) in [5.41, 5.74) is 8.47.